The summed E-state index contributed by atoms with van der Waals surface area (Å²) in [4.78, 5) is 0. The molecule has 2 unspecified atom stereocenters. The number of sulfonamides is 1. The molecule has 0 spiro atoms. The third-order valence-corrected chi connectivity index (χ3v) is 6.02. The van der Waals surface area contributed by atoms with E-state index in [9.17, 15) is 8.42 Å². The molecule has 2 atom stereocenters. The van der Waals surface area contributed by atoms with Crippen molar-refractivity contribution in [3.8, 4) is 0 Å². The van der Waals surface area contributed by atoms with Crippen molar-refractivity contribution in [3.63, 3.8) is 0 Å². The van der Waals surface area contributed by atoms with Gasteiger partial charge in [0.25, 0.3) is 0 Å². The van der Waals surface area contributed by atoms with Gasteiger partial charge in [0.1, 0.15) is 0 Å². The van der Waals surface area contributed by atoms with Crippen LogP contribution in [0.3, 0.4) is 0 Å². The third kappa shape index (κ3) is 3.40. The Labute approximate surface area is 121 Å². The van der Waals surface area contributed by atoms with E-state index < -0.39 is 10.0 Å². The molecule has 5 heteroatoms. The highest BCUT2D eigenvalue weighted by Crippen LogP contribution is 2.27. The molecule has 1 fully saturated rings. The van der Waals surface area contributed by atoms with Gasteiger partial charge in [-0.15, -0.1) is 0 Å². The van der Waals surface area contributed by atoms with Crippen LogP contribution in [0.2, 0.25) is 0 Å². The summed E-state index contributed by atoms with van der Waals surface area (Å²) in [6.45, 7) is 3.90. The summed E-state index contributed by atoms with van der Waals surface area (Å²) in [5.41, 5.74) is 1.49. The van der Waals surface area contributed by atoms with E-state index in [1.807, 2.05) is 13.8 Å². The molecule has 112 valence electrons. The van der Waals surface area contributed by atoms with E-state index in [4.69, 9.17) is 5.11 Å². The second kappa shape index (κ2) is 6.24. The van der Waals surface area contributed by atoms with Crippen LogP contribution >= 0.6 is 0 Å². The van der Waals surface area contributed by atoms with Crippen LogP contribution in [-0.2, 0) is 22.4 Å². The van der Waals surface area contributed by atoms with Gasteiger partial charge in [0.2, 0.25) is 10.0 Å². The number of piperidine rings is 1. The summed E-state index contributed by atoms with van der Waals surface area (Å²) in [6, 6.07) is 7.30. The zero-order valence-corrected chi connectivity index (χ0v) is 12.9. The van der Waals surface area contributed by atoms with Crippen molar-refractivity contribution in [2.45, 2.75) is 57.6 Å². The molecule has 0 aromatic heterocycles. The van der Waals surface area contributed by atoms with Crippen LogP contribution < -0.4 is 0 Å². The van der Waals surface area contributed by atoms with Crippen molar-refractivity contribution in [2.75, 3.05) is 0 Å². The Kier molecular flexibility index (Phi) is 4.83. The number of aliphatic hydroxyl groups excluding tert-OH is 1. The molecule has 0 radical (unpaired) electrons. The second-order valence-electron chi connectivity index (χ2n) is 5.69. The van der Waals surface area contributed by atoms with Crippen molar-refractivity contribution in [1.82, 2.24) is 4.31 Å². The monoisotopic (exact) mass is 297 g/mol. The van der Waals surface area contributed by atoms with Gasteiger partial charge in [0, 0.05) is 12.1 Å². The topological polar surface area (TPSA) is 57.6 Å². The van der Waals surface area contributed by atoms with Crippen LogP contribution in [0.1, 0.15) is 44.2 Å². The lowest BCUT2D eigenvalue weighted by atomic mass is 10.0. The van der Waals surface area contributed by atoms with Gasteiger partial charge in [-0.05, 0) is 37.8 Å². The van der Waals surface area contributed by atoms with Crippen LogP contribution in [-0.4, -0.2) is 29.9 Å². The zero-order chi connectivity index (χ0) is 14.8. The predicted molar refractivity (Wildman–Crippen MR) is 79.6 cm³/mol. The number of nitrogens with zero attached hydrogens (tertiary/aromatic N) is 1. The Morgan fingerprint density at radius 3 is 2.40 bits per heavy atom. The van der Waals surface area contributed by atoms with E-state index >= 15 is 0 Å². The van der Waals surface area contributed by atoms with E-state index in [-0.39, 0.29) is 24.4 Å². The van der Waals surface area contributed by atoms with Gasteiger partial charge in [-0.2, -0.15) is 4.31 Å². The van der Waals surface area contributed by atoms with Gasteiger partial charge >= 0.3 is 0 Å². The first-order valence-electron chi connectivity index (χ1n) is 7.14. The van der Waals surface area contributed by atoms with Crippen LogP contribution in [0.25, 0.3) is 0 Å². The Hall–Kier alpha value is -0.910. The lowest BCUT2D eigenvalue weighted by Crippen LogP contribution is -2.47. The SMILES string of the molecule is CC1CCCC(C)N1S(=O)(=O)Cc1cccc(CO)c1. The lowest BCUT2D eigenvalue weighted by Gasteiger charge is -2.37. The van der Waals surface area contributed by atoms with Crippen molar-refractivity contribution in [3.05, 3.63) is 35.4 Å². The largest absolute Gasteiger partial charge is 0.392 e. The van der Waals surface area contributed by atoms with Crippen LogP contribution in [0, 0.1) is 0 Å². The number of hydrogen-bond acceptors (Lipinski definition) is 3. The molecule has 1 heterocycles. The maximum atomic E-state index is 12.6. The van der Waals surface area contributed by atoms with E-state index in [0.29, 0.717) is 0 Å². The number of aliphatic hydroxyl groups is 1. The van der Waals surface area contributed by atoms with Gasteiger partial charge in [-0.25, -0.2) is 8.42 Å². The van der Waals surface area contributed by atoms with Gasteiger partial charge in [0.05, 0.1) is 12.4 Å². The van der Waals surface area contributed by atoms with Gasteiger partial charge < -0.3 is 5.11 Å². The van der Waals surface area contributed by atoms with E-state index in [1.54, 1.807) is 28.6 Å². The van der Waals surface area contributed by atoms with Crippen molar-refractivity contribution in [2.24, 2.45) is 0 Å². The molecular formula is C15H23NO3S. The molecule has 0 saturated carbocycles. The Morgan fingerprint density at radius 2 is 1.80 bits per heavy atom. The summed E-state index contributed by atoms with van der Waals surface area (Å²) in [5, 5.41) is 9.13. The molecule has 1 aromatic rings. The van der Waals surface area contributed by atoms with E-state index in [1.165, 1.54) is 0 Å². The molecule has 0 aliphatic carbocycles. The normalized spacial score (nSPS) is 24.8. The quantitative estimate of drug-likeness (QED) is 0.927. The minimum absolute atomic E-state index is 0.00944. The lowest BCUT2D eigenvalue weighted by molar-refractivity contribution is 0.204. The Balaban J connectivity index is 2.21. The minimum Gasteiger partial charge on any atom is -0.392 e. The fourth-order valence-corrected chi connectivity index (χ4v) is 5.11. The average molecular weight is 297 g/mol. The van der Waals surface area contributed by atoms with E-state index in [2.05, 4.69) is 0 Å². The van der Waals surface area contributed by atoms with Crippen LogP contribution in [0.15, 0.2) is 24.3 Å². The molecule has 1 N–H and O–H groups in total. The minimum atomic E-state index is -3.31. The van der Waals surface area contributed by atoms with Gasteiger partial charge in [-0.3, -0.25) is 0 Å². The first kappa shape index (κ1) is 15.5. The number of rotatable bonds is 4. The summed E-state index contributed by atoms with van der Waals surface area (Å²) >= 11 is 0. The molecular weight excluding hydrogens is 274 g/mol. The van der Waals surface area contributed by atoms with Gasteiger partial charge in [-0.1, -0.05) is 30.7 Å². The van der Waals surface area contributed by atoms with E-state index in [0.717, 1.165) is 30.4 Å². The summed E-state index contributed by atoms with van der Waals surface area (Å²) in [6.07, 6.45) is 2.95. The first-order valence-corrected chi connectivity index (χ1v) is 8.75. The smallest absolute Gasteiger partial charge is 0.218 e. The van der Waals surface area contributed by atoms with Crippen molar-refractivity contribution >= 4 is 10.0 Å². The summed E-state index contributed by atoms with van der Waals surface area (Å²) in [5.74, 6) is 0.00944. The fraction of sp³-hybridized carbons (Fsp3) is 0.600. The second-order valence-corrected chi connectivity index (χ2v) is 7.57. The van der Waals surface area contributed by atoms with Crippen molar-refractivity contribution in [1.29, 1.82) is 0 Å². The van der Waals surface area contributed by atoms with Crippen LogP contribution in [0.4, 0.5) is 0 Å². The summed E-state index contributed by atoms with van der Waals surface area (Å²) < 4.78 is 26.9. The van der Waals surface area contributed by atoms with Crippen LogP contribution in [0.5, 0.6) is 0 Å². The molecule has 1 saturated heterocycles. The molecule has 4 nitrogen and oxygen atoms in total. The third-order valence-electron chi connectivity index (χ3n) is 3.96. The highest BCUT2D eigenvalue weighted by molar-refractivity contribution is 7.88. The summed E-state index contributed by atoms with van der Waals surface area (Å²) in [7, 11) is -3.31. The zero-order valence-electron chi connectivity index (χ0n) is 12.1. The molecule has 1 aliphatic rings. The highest BCUT2D eigenvalue weighted by atomic mass is 32.2. The molecule has 2 rings (SSSR count). The fourth-order valence-electron chi connectivity index (χ4n) is 3.05. The number of hydrogen-bond donors (Lipinski definition) is 1. The predicted octanol–water partition coefficient (Wildman–Crippen LogP) is 2.27. The maximum absolute atomic E-state index is 12.6. The average Bonchev–Trinajstić information content (AvgIpc) is 2.37. The molecule has 20 heavy (non-hydrogen) atoms. The first-order chi connectivity index (χ1) is 9.44. The maximum Gasteiger partial charge on any atom is 0.218 e. The molecule has 0 amide bonds. The number of benzene rings is 1. The molecule has 1 aromatic carbocycles. The van der Waals surface area contributed by atoms with Gasteiger partial charge in [0.15, 0.2) is 0 Å². The standard InChI is InChI=1S/C15H23NO3S/c1-12-5-3-6-13(2)16(12)20(18,19)11-15-8-4-7-14(9-15)10-17/h4,7-9,12-13,17H,3,5-6,10-11H2,1-2H3. The molecule has 0 bridgehead atoms. The highest BCUT2D eigenvalue weighted by Gasteiger charge is 2.34. The molecule has 1 aliphatic heterocycles. The van der Waals surface area contributed by atoms with Crippen molar-refractivity contribution < 1.29 is 13.5 Å². The Morgan fingerprint density at radius 1 is 1.20 bits per heavy atom. The Bertz CT molecular complexity index is 546.